The van der Waals surface area contributed by atoms with E-state index in [4.69, 9.17) is 15.2 Å². The van der Waals surface area contributed by atoms with Crippen LogP contribution in [0, 0.1) is 11.7 Å². The number of amidine groups is 1. The number of hydrogen-bond donors (Lipinski definition) is 1. The monoisotopic (exact) mass is 369 g/mol. The number of carbonyl (C=O) groups excluding carboxylic acids is 1. The van der Waals surface area contributed by atoms with Crippen molar-refractivity contribution in [2.75, 3.05) is 13.2 Å². The molecule has 1 fully saturated rings. The lowest BCUT2D eigenvalue weighted by molar-refractivity contribution is 0.0816. The minimum Gasteiger partial charge on any atom is -0.459 e. The third-order valence-electron chi connectivity index (χ3n) is 5.26. The highest BCUT2D eigenvalue weighted by atomic mass is 19.1. The lowest BCUT2D eigenvalue weighted by Gasteiger charge is -2.38. The van der Waals surface area contributed by atoms with E-state index in [1.54, 1.807) is 36.5 Å². The van der Waals surface area contributed by atoms with Gasteiger partial charge < -0.3 is 15.2 Å². The van der Waals surface area contributed by atoms with Crippen LogP contribution >= 0.6 is 0 Å². The van der Waals surface area contributed by atoms with Gasteiger partial charge in [0.1, 0.15) is 17.6 Å². The number of ether oxygens (including phenoxy) is 2. The van der Waals surface area contributed by atoms with Crippen molar-refractivity contribution in [3.05, 3.63) is 65.2 Å². The third-order valence-corrected chi connectivity index (χ3v) is 5.26. The molecule has 0 spiro atoms. The van der Waals surface area contributed by atoms with Gasteiger partial charge in [0.2, 0.25) is 0 Å². The van der Waals surface area contributed by atoms with E-state index in [1.807, 2.05) is 6.92 Å². The predicted molar refractivity (Wildman–Crippen MR) is 96.8 cm³/mol. The highest BCUT2D eigenvalue weighted by molar-refractivity contribution is 5.95. The summed E-state index contributed by atoms with van der Waals surface area (Å²) in [5, 5.41) is 0. The van der Waals surface area contributed by atoms with Gasteiger partial charge in [0.05, 0.1) is 24.7 Å². The molecular weight excluding hydrogens is 349 g/mol. The van der Waals surface area contributed by atoms with E-state index in [0.717, 1.165) is 0 Å². The van der Waals surface area contributed by atoms with Gasteiger partial charge in [-0.25, -0.2) is 9.38 Å². The van der Waals surface area contributed by atoms with Crippen molar-refractivity contribution in [2.24, 2.45) is 16.6 Å². The molecule has 0 bridgehead atoms. The first-order valence-corrected chi connectivity index (χ1v) is 8.80. The second kappa shape index (κ2) is 6.74. The van der Waals surface area contributed by atoms with Gasteiger partial charge in [0, 0.05) is 18.2 Å². The average Bonchev–Trinajstić information content (AvgIpc) is 3.13. The molecule has 0 radical (unpaired) electrons. The lowest BCUT2D eigenvalue weighted by atomic mass is 9.77. The van der Waals surface area contributed by atoms with Crippen molar-refractivity contribution >= 4 is 11.8 Å². The van der Waals surface area contributed by atoms with Crippen LogP contribution in [0.25, 0.3) is 0 Å². The van der Waals surface area contributed by atoms with Crippen molar-refractivity contribution in [1.29, 1.82) is 0 Å². The van der Waals surface area contributed by atoms with Crippen LogP contribution in [-0.2, 0) is 21.4 Å². The highest BCUT2D eigenvalue weighted by Crippen LogP contribution is 2.43. The summed E-state index contributed by atoms with van der Waals surface area (Å²) in [6.45, 7) is 2.64. The summed E-state index contributed by atoms with van der Waals surface area (Å²) in [7, 11) is 0. The van der Waals surface area contributed by atoms with E-state index in [9.17, 15) is 9.18 Å². The SMILES string of the molecule is C[C@]1(c2cc(CC(=O)c3ccccn3)ccc2F)N=C(N)O[C@@H]2COC[C@@H]21. The Labute approximate surface area is 156 Å². The number of rotatable bonds is 4. The number of pyridine rings is 1. The molecule has 2 aliphatic rings. The first-order valence-electron chi connectivity index (χ1n) is 8.80. The van der Waals surface area contributed by atoms with Gasteiger partial charge in [-0.1, -0.05) is 12.1 Å². The number of nitrogens with two attached hydrogens (primary N) is 1. The quantitative estimate of drug-likeness (QED) is 0.835. The molecule has 0 aliphatic carbocycles. The molecule has 4 rings (SSSR count). The normalized spacial score (nSPS) is 26.8. The molecule has 1 aromatic carbocycles. The predicted octanol–water partition coefficient (Wildman–Crippen LogP) is 2.22. The van der Waals surface area contributed by atoms with Gasteiger partial charge in [0.15, 0.2) is 5.78 Å². The van der Waals surface area contributed by atoms with Crippen molar-refractivity contribution in [2.45, 2.75) is 25.0 Å². The molecule has 0 amide bonds. The summed E-state index contributed by atoms with van der Waals surface area (Å²) in [5.74, 6) is -0.674. The Morgan fingerprint density at radius 1 is 1.33 bits per heavy atom. The average molecular weight is 369 g/mol. The van der Waals surface area contributed by atoms with Crippen LogP contribution in [0.4, 0.5) is 4.39 Å². The number of aliphatic imine (C=N–C) groups is 1. The number of fused-ring (bicyclic) bond motifs is 1. The fraction of sp³-hybridized carbons (Fsp3) is 0.350. The number of halogens is 1. The van der Waals surface area contributed by atoms with Gasteiger partial charge in [-0.15, -0.1) is 0 Å². The Morgan fingerprint density at radius 2 is 2.19 bits per heavy atom. The molecule has 1 saturated heterocycles. The van der Waals surface area contributed by atoms with Crippen LogP contribution in [0.3, 0.4) is 0 Å². The van der Waals surface area contributed by atoms with Crippen molar-refractivity contribution in [3.63, 3.8) is 0 Å². The third kappa shape index (κ3) is 3.19. The number of hydrogen-bond acceptors (Lipinski definition) is 6. The summed E-state index contributed by atoms with van der Waals surface area (Å²) in [5.41, 5.74) is 6.38. The summed E-state index contributed by atoms with van der Waals surface area (Å²) in [6.07, 6.45) is 1.44. The van der Waals surface area contributed by atoms with Gasteiger partial charge in [-0.2, -0.15) is 0 Å². The molecular formula is C20H20FN3O3. The van der Waals surface area contributed by atoms with Crippen molar-refractivity contribution in [3.8, 4) is 0 Å². The maximum absolute atomic E-state index is 14.8. The van der Waals surface area contributed by atoms with E-state index >= 15 is 0 Å². The van der Waals surface area contributed by atoms with Crippen LogP contribution in [0.15, 0.2) is 47.6 Å². The molecule has 1 aromatic heterocycles. The Bertz CT molecular complexity index is 903. The Morgan fingerprint density at radius 3 is 2.96 bits per heavy atom. The second-order valence-electron chi connectivity index (χ2n) is 7.03. The first kappa shape index (κ1) is 17.6. The maximum atomic E-state index is 14.8. The summed E-state index contributed by atoms with van der Waals surface area (Å²) in [6, 6.07) is 9.87. The largest absolute Gasteiger partial charge is 0.459 e. The van der Waals surface area contributed by atoms with E-state index in [0.29, 0.717) is 30.0 Å². The van der Waals surface area contributed by atoms with Gasteiger partial charge in [0.25, 0.3) is 6.02 Å². The fourth-order valence-electron chi connectivity index (χ4n) is 3.80. The van der Waals surface area contributed by atoms with Crippen molar-refractivity contribution < 1.29 is 18.7 Å². The summed E-state index contributed by atoms with van der Waals surface area (Å²) >= 11 is 0. The Hall–Kier alpha value is -2.80. The van der Waals surface area contributed by atoms with E-state index in [-0.39, 0.29) is 30.2 Å². The molecule has 2 aromatic rings. The Balaban J connectivity index is 1.68. The zero-order chi connectivity index (χ0) is 19.0. The second-order valence-corrected chi connectivity index (χ2v) is 7.03. The van der Waals surface area contributed by atoms with Crippen molar-refractivity contribution in [1.82, 2.24) is 4.98 Å². The molecule has 3 heterocycles. The topological polar surface area (TPSA) is 86.8 Å². The summed E-state index contributed by atoms with van der Waals surface area (Å²) in [4.78, 5) is 21.0. The van der Waals surface area contributed by atoms with Gasteiger partial charge in [-0.3, -0.25) is 9.78 Å². The maximum Gasteiger partial charge on any atom is 0.283 e. The lowest BCUT2D eigenvalue weighted by Crippen LogP contribution is -2.47. The number of ketones is 1. The van der Waals surface area contributed by atoms with Gasteiger partial charge >= 0.3 is 0 Å². The van der Waals surface area contributed by atoms with Crippen LogP contribution in [0.5, 0.6) is 0 Å². The molecule has 6 nitrogen and oxygen atoms in total. The van der Waals surface area contributed by atoms with Crippen LogP contribution in [-0.4, -0.2) is 36.1 Å². The van der Waals surface area contributed by atoms with Crippen LogP contribution < -0.4 is 5.73 Å². The molecule has 0 saturated carbocycles. The smallest absolute Gasteiger partial charge is 0.283 e. The number of carbonyl (C=O) groups is 1. The zero-order valence-electron chi connectivity index (χ0n) is 14.9. The van der Waals surface area contributed by atoms with Gasteiger partial charge in [-0.05, 0) is 36.8 Å². The number of aromatic nitrogens is 1. The standard InChI is InChI=1S/C20H20FN3O3/c1-20(14-10-26-11-18(14)27-19(22)24-20)13-8-12(5-6-15(13)21)9-17(25)16-4-2-3-7-23-16/h2-8,14,18H,9-11H2,1H3,(H2,22,24)/t14-,18+,20+/m0/s1. The minimum absolute atomic E-state index is 0.0265. The van der Waals surface area contributed by atoms with E-state index < -0.39 is 11.4 Å². The number of nitrogens with zero attached hydrogens (tertiary/aromatic N) is 2. The highest BCUT2D eigenvalue weighted by Gasteiger charge is 2.50. The molecule has 3 atom stereocenters. The molecule has 140 valence electrons. The molecule has 2 N–H and O–H groups in total. The number of benzene rings is 1. The first-order chi connectivity index (χ1) is 13.0. The molecule has 2 aliphatic heterocycles. The van der Waals surface area contributed by atoms with E-state index in [2.05, 4.69) is 9.98 Å². The van der Waals surface area contributed by atoms with Crippen LogP contribution in [0.2, 0.25) is 0 Å². The Kier molecular flexibility index (Phi) is 4.39. The molecule has 27 heavy (non-hydrogen) atoms. The zero-order valence-corrected chi connectivity index (χ0v) is 14.9. The fourth-order valence-corrected chi connectivity index (χ4v) is 3.80. The minimum atomic E-state index is -0.919. The molecule has 7 heteroatoms. The number of Topliss-reactive ketones (excluding diaryl/α,β-unsaturated/α-hetero) is 1. The molecule has 0 unspecified atom stereocenters. The van der Waals surface area contributed by atoms with E-state index in [1.165, 1.54) is 6.07 Å². The van der Waals surface area contributed by atoms with Crippen LogP contribution in [0.1, 0.15) is 28.5 Å². The summed E-state index contributed by atoms with van der Waals surface area (Å²) < 4.78 is 25.8.